The fourth-order valence-electron chi connectivity index (χ4n) is 2.75. The number of benzene rings is 2. The molecule has 1 aliphatic heterocycles. The minimum atomic E-state index is -4.57. The highest BCUT2D eigenvalue weighted by molar-refractivity contribution is 7.91. The Balaban J connectivity index is 1.59. The van der Waals surface area contributed by atoms with Crippen molar-refractivity contribution in [3.63, 3.8) is 0 Å². The molecule has 1 fully saturated rings. The third-order valence-electron chi connectivity index (χ3n) is 4.25. The quantitative estimate of drug-likeness (QED) is 0.784. The van der Waals surface area contributed by atoms with Crippen molar-refractivity contribution in [1.82, 2.24) is 5.32 Å². The smallest absolute Gasteiger partial charge is 0.341 e. The number of amides is 1. The number of halogens is 2. The van der Waals surface area contributed by atoms with E-state index in [1.165, 1.54) is 12.1 Å². The number of anilines is 2. The largest absolute Gasteiger partial charge is 0.381 e. The molecule has 0 radical (unpaired) electrons. The van der Waals surface area contributed by atoms with Gasteiger partial charge in [0.15, 0.2) is 0 Å². The van der Waals surface area contributed by atoms with Gasteiger partial charge in [-0.1, -0.05) is 12.1 Å². The van der Waals surface area contributed by atoms with Crippen LogP contribution in [0.1, 0.15) is 5.56 Å². The van der Waals surface area contributed by atoms with Crippen molar-refractivity contribution in [3.8, 4) is 0 Å². The maximum atomic E-state index is 12.5. The number of sulfone groups is 1. The Morgan fingerprint density at radius 1 is 1.07 bits per heavy atom. The monoisotopic (exact) mass is 395 g/mol. The molecule has 0 unspecified atom stereocenters. The van der Waals surface area contributed by atoms with E-state index in [1.54, 1.807) is 0 Å². The lowest BCUT2D eigenvalue weighted by molar-refractivity contribution is -0.120. The lowest BCUT2D eigenvalue weighted by atomic mass is 10.1. The van der Waals surface area contributed by atoms with E-state index in [9.17, 15) is 22.0 Å². The summed E-state index contributed by atoms with van der Waals surface area (Å²) in [7, 11) is -4.57. The van der Waals surface area contributed by atoms with Crippen LogP contribution in [0.15, 0.2) is 53.4 Å². The molecule has 9 heteroatoms. The van der Waals surface area contributed by atoms with Crippen LogP contribution in [0.4, 0.5) is 20.2 Å². The fourth-order valence-corrected chi connectivity index (χ4v) is 3.47. The van der Waals surface area contributed by atoms with E-state index in [0.29, 0.717) is 25.3 Å². The number of rotatable bonds is 6. The van der Waals surface area contributed by atoms with Crippen LogP contribution < -0.4 is 15.5 Å². The van der Waals surface area contributed by atoms with Crippen molar-refractivity contribution in [3.05, 3.63) is 54.1 Å². The van der Waals surface area contributed by atoms with Gasteiger partial charge in [0.1, 0.15) is 0 Å². The van der Waals surface area contributed by atoms with Gasteiger partial charge in [0.25, 0.3) is 0 Å². The minimum Gasteiger partial charge on any atom is -0.381 e. The van der Waals surface area contributed by atoms with Gasteiger partial charge in [-0.3, -0.25) is 4.79 Å². The molecule has 1 saturated heterocycles. The summed E-state index contributed by atoms with van der Waals surface area (Å²) >= 11 is 0. The van der Waals surface area contributed by atoms with Crippen molar-refractivity contribution in [1.29, 1.82) is 0 Å². The first-order chi connectivity index (χ1) is 12.9. The van der Waals surface area contributed by atoms with Crippen LogP contribution >= 0.6 is 0 Å². The zero-order valence-corrected chi connectivity index (χ0v) is 15.2. The number of carbonyl (C=O) groups is 1. The predicted octanol–water partition coefficient (Wildman–Crippen LogP) is 2.23. The molecule has 1 aliphatic rings. The third kappa shape index (κ3) is 4.54. The topological polar surface area (TPSA) is 78.5 Å². The number of hydrogen-bond acceptors (Lipinski definition) is 5. The lowest BCUT2D eigenvalue weighted by Gasteiger charge is -2.28. The zero-order valence-electron chi connectivity index (χ0n) is 14.4. The van der Waals surface area contributed by atoms with E-state index in [0.717, 1.165) is 29.9 Å². The van der Waals surface area contributed by atoms with Crippen molar-refractivity contribution in [2.24, 2.45) is 0 Å². The van der Waals surface area contributed by atoms with Crippen LogP contribution in [0.5, 0.6) is 0 Å². The first-order valence-corrected chi connectivity index (χ1v) is 9.87. The molecule has 2 aromatic carbocycles. The average molecular weight is 395 g/mol. The standard InChI is InChI=1S/C18H19F2N3O3S/c19-18(20)27(25,26)16-7-3-14(4-8-16)22-11-13-1-5-15(6-2-13)23-10-9-21-17(24)12-23/h1-8,18,22H,9-12H2,(H,21,24). The van der Waals surface area contributed by atoms with Crippen LogP contribution in [-0.4, -0.2) is 39.7 Å². The summed E-state index contributed by atoms with van der Waals surface area (Å²) < 4.78 is 47.9. The molecule has 0 saturated carbocycles. The molecule has 3 rings (SSSR count). The zero-order chi connectivity index (χ0) is 19.4. The predicted molar refractivity (Wildman–Crippen MR) is 98.6 cm³/mol. The fraction of sp³-hybridized carbons (Fsp3) is 0.278. The number of carbonyl (C=O) groups excluding carboxylic acids is 1. The summed E-state index contributed by atoms with van der Waals surface area (Å²) in [6, 6.07) is 13.0. The van der Waals surface area contributed by atoms with Crippen LogP contribution in [0.25, 0.3) is 0 Å². The molecule has 0 bridgehead atoms. The molecule has 2 aromatic rings. The lowest BCUT2D eigenvalue weighted by Crippen LogP contribution is -2.47. The molecule has 0 aromatic heterocycles. The third-order valence-corrected chi connectivity index (χ3v) is 5.65. The highest BCUT2D eigenvalue weighted by Crippen LogP contribution is 2.21. The highest BCUT2D eigenvalue weighted by atomic mass is 32.2. The molecule has 1 heterocycles. The summed E-state index contributed by atoms with van der Waals surface area (Å²) in [5, 5.41) is 5.90. The van der Waals surface area contributed by atoms with Crippen molar-refractivity contribution < 1.29 is 22.0 Å². The number of alkyl halides is 2. The van der Waals surface area contributed by atoms with Crippen molar-refractivity contribution >= 4 is 27.1 Å². The summed E-state index contributed by atoms with van der Waals surface area (Å²) in [5.41, 5.74) is 2.58. The molecule has 0 spiro atoms. The number of piperazine rings is 1. The molecule has 144 valence electrons. The van der Waals surface area contributed by atoms with E-state index < -0.39 is 20.5 Å². The van der Waals surface area contributed by atoms with E-state index in [1.807, 2.05) is 29.2 Å². The van der Waals surface area contributed by atoms with Crippen LogP contribution in [0, 0.1) is 0 Å². The SMILES string of the molecule is O=C1CN(c2ccc(CNc3ccc(S(=O)(=O)C(F)F)cc3)cc2)CCN1. The summed E-state index contributed by atoms with van der Waals surface area (Å²) in [6.45, 7) is 2.21. The molecule has 6 nitrogen and oxygen atoms in total. The molecule has 0 atom stereocenters. The van der Waals surface area contributed by atoms with Gasteiger partial charge in [-0.05, 0) is 42.0 Å². The Labute approximate surface area is 156 Å². The molecule has 0 aliphatic carbocycles. The van der Waals surface area contributed by atoms with E-state index in [4.69, 9.17) is 0 Å². The first-order valence-electron chi connectivity index (χ1n) is 8.33. The maximum absolute atomic E-state index is 12.5. The van der Waals surface area contributed by atoms with Gasteiger partial charge < -0.3 is 15.5 Å². The number of nitrogens with zero attached hydrogens (tertiary/aromatic N) is 1. The summed E-state index contributed by atoms with van der Waals surface area (Å²) in [5.74, 6) is -3.43. The second-order valence-corrected chi connectivity index (χ2v) is 8.04. The van der Waals surface area contributed by atoms with E-state index >= 15 is 0 Å². The highest BCUT2D eigenvalue weighted by Gasteiger charge is 2.26. The Bertz CT molecular complexity index is 900. The first kappa shape index (κ1) is 19.1. The van der Waals surface area contributed by atoms with Crippen molar-refractivity contribution in [2.75, 3.05) is 29.9 Å². The van der Waals surface area contributed by atoms with Gasteiger partial charge in [-0.25, -0.2) is 8.42 Å². The van der Waals surface area contributed by atoms with Gasteiger partial charge in [0, 0.05) is 31.0 Å². The Morgan fingerprint density at radius 3 is 2.33 bits per heavy atom. The van der Waals surface area contributed by atoms with Gasteiger partial charge >= 0.3 is 5.76 Å². The molecule has 27 heavy (non-hydrogen) atoms. The average Bonchev–Trinajstić information content (AvgIpc) is 2.67. The van der Waals surface area contributed by atoms with Crippen LogP contribution in [0.3, 0.4) is 0 Å². The number of hydrogen-bond donors (Lipinski definition) is 2. The molecular formula is C18H19F2N3O3S. The van der Waals surface area contributed by atoms with Crippen LogP contribution in [0.2, 0.25) is 0 Å². The normalized spacial score (nSPS) is 14.9. The Kier molecular flexibility index (Phi) is 5.59. The molecule has 1 amide bonds. The van der Waals surface area contributed by atoms with Gasteiger partial charge in [-0.15, -0.1) is 0 Å². The van der Waals surface area contributed by atoms with Gasteiger partial charge in [-0.2, -0.15) is 8.78 Å². The van der Waals surface area contributed by atoms with E-state index in [-0.39, 0.29) is 5.91 Å². The second kappa shape index (κ2) is 7.91. The Hall–Kier alpha value is -2.68. The summed E-state index contributed by atoms with van der Waals surface area (Å²) in [6.07, 6.45) is 0. The van der Waals surface area contributed by atoms with Gasteiger partial charge in [0.05, 0.1) is 11.4 Å². The second-order valence-electron chi connectivity index (χ2n) is 6.12. The van der Waals surface area contributed by atoms with Gasteiger partial charge in [0.2, 0.25) is 15.7 Å². The van der Waals surface area contributed by atoms with Crippen LogP contribution in [-0.2, 0) is 21.2 Å². The minimum absolute atomic E-state index is 0.00398. The van der Waals surface area contributed by atoms with Crippen molar-refractivity contribution in [2.45, 2.75) is 17.2 Å². The summed E-state index contributed by atoms with van der Waals surface area (Å²) in [4.78, 5) is 13.0. The molecular weight excluding hydrogens is 376 g/mol. The molecule has 2 N–H and O–H groups in total. The Morgan fingerprint density at radius 2 is 1.74 bits per heavy atom. The van der Waals surface area contributed by atoms with E-state index in [2.05, 4.69) is 10.6 Å². The maximum Gasteiger partial charge on any atom is 0.341 e. The number of nitrogens with one attached hydrogen (secondary N) is 2.